The first-order chi connectivity index (χ1) is 10.7. The maximum absolute atomic E-state index is 11.4. The molecule has 112 valence electrons. The van der Waals surface area contributed by atoms with Crippen molar-refractivity contribution in [2.24, 2.45) is 0 Å². The predicted octanol–water partition coefficient (Wildman–Crippen LogP) is 2.91. The number of imidazole rings is 1. The number of carbonyl (C=O) groups is 1. The Morgan fingerprint density at radius 3 is 3.14 bits per heavy atom. The molecular formula is C17H17N3OS. The van der Waals surface area contributed by atoms with Crippen LogP contribution in [0.25, 0.3) is 0 Å². The summed E-state index contributed by atoms with van der Waals surface area (Å²) in [6.45, 7) is 4.48. The minimum absolute atomic E-state index is 0.0780. The van der Waals surface area contributed by atoms with E-state index in [-0.39, 0.29) is 5.91 Å². The molecule has 1 amide bonds. The maximum Gasteiger partial charge on any atom is 0.224 e. The Morgan fingerprint density at radius 1 is 1.45 bits per heavy atom. The minimum atomic E-state index is 0.0780. The van der Waals surface area contributed by atoms with Crippen molar-refractivity contribution in [3.63, 3.8) is 0 Å². The molecule has 2 heterocycles. The van der Waals surface area contributed by atoms with Crippen molar-refractivity contribution in [1.29, 1.82) is 0 Å². The SMILES string of the molecule is C=CCn1ccnc1CC(=S)c1ccc2c(c1)CCC(=O)N2. The van der Waals surface area contributed by atoms with Crippen molar-refractivity contribution in [1.82, 2.24) is 9.55 Å². The number of aryl methyl sites for hydroxylation is 1. The van der Waals surface area contributed by atoms with Crippen LogP contribution in [0, 0.1) is 0 Å². The highest BCUT2D eigenvalue weighted by Crippen LogP contribution is 2.24. The highest BCUT2D eigenvalue weighted by Gasteiger charge is 2.16. The quantitative estimate of drug-likeness (QED) is 0.525. The number of carbonyl (C=O) groups excluding carboxylic acids is 1. The molecule has 1 aromatic heterocycles. The first-order valence-corrected chi connectivity index (χ1v) is 7.65. The van der Waals surface area contributed by atoms with Gasteiger partial charge in [-0.3, -0.25) is 4.79 Å². The zero-order valence-corrected chi connectivity index (χ0v) is 13.0. The average molecular weight is 311 g/mol. The van der Waals surface area contributed by atoms with E-state index >= 15 is 0 Å². The number of aromatic nitrogens is 2. The second-order valence-corrected chi connectivity index (χ2v) is 5.80. The molecule has 1 N–H and O–H groups in total. The zero-order chi connectivity index (χ0) is 15.5. The lowest BCUT2D eigenvalue weighted by Gasteiger charge is -2.17. The fourth-order valence-corrected chi connectivity index (χ4v) is 2.87. The summed E-state index contributed by atoms with van der Waals surface area (Å²) in [5.41, 5.74) is 3.07. The molecular weight excluding hydrogens is 294 g/mol. The van der Waals surface area contributed by atoms with Crippen LogP contribution in [0.1, 0.15) is 23.4 Å². The number of allylic oxidation sites excluding steroid dienone is 1. The Labute approximate surface area is 134 Å². The Balaban J connectivity index is 1.79. The third kappa shape index (κ3) is 2.99. The molecule has 5 heteroatoms. The van der Waals surface area contributed by atoms with Gasteiger partial charge in [0.15, 0.2) is 0 Å². The molecule has 4 nitrogen and oxygen atoms in total. The molecule has 0 unspecified atom stereocenters. The van der Waals surface area contributed by atoms with Crippen LogP contribution in [0.5, 0.6) is 0 Å². The lowest BCUT2D eigenvalue weighted by molar-refractivity contribution is -0.116. The molecule has 1 aromatic carbocycles. The highest BCUT2D eigenvalue weighted by molar-refractivity contribution is 7.80. The number of nitrogens with zero attached hydrogens (tertiary/aromatic N) is 2. The van der Waals surface area contributed by atoms with E-state index in [4.69, 9.17) is 12.2 Å². The van der Waals surface area contributed by atoms with Crippen LogP contribution in [-0.2, 0) is 24.2 Å². The standard InChI is InChI=1S/C17H17N3OS/c1-2-8-20-9-7-18-16(20)11-15(22)13-3-5-14-12(10-13)4-6-17(21)19-14/h2-3,5,7,9-10H,1,4,6,8,11H2,(H,19,21). The third-order valence-corrected chi connectivity index (χ3v) is 4.15. The predicted molar refractivity (Wildman–Crippen MR) is 91.2 cm³/mol. The topological polar surface area (TPSA) is 46.9 Å². The van der Waals surface area contributed by atoms with Gasteiger partial charge in [0, 0.05) is 42.3 Å². The minimum Gasteiger partial charge on any atom is -0.331 e. The summed E-state index contributed by atoms with van der Waals surface area (Å²) in [4.78, 5) is 16.6. The monoisotopic (exact) mass is 311 g/mol. The van der Waals surface area contributed by atoms with Crippen LogP contribution in [0.4, 0.5) is 5.69 Å². The van der Waals surface area contributed by atoms with Crippen LogP contribution >= 0.6 is 12.2 Å². The van der Waals surface area contributed by atoms with E-state index in [9.17, 15) is 4.79 Å². The second kappa shape index (κ2) is 6.23. The lowest BCUT2D eigenvalue weighted by Crippen LogP contribution is -2.19. The summed E-state index contributed by atoms with van der Waals surface area (Å²) in [6, 6.07) is 5.98. The van der Waals surface area contributed by atoms with Gasteiger partial charge in [-0.15, -0.1) is 6.58 Å². The van der Waals surface area contributed by atoms with Gasteiger partial charge in [0.2, 0.25) is 5.91 Å². The lowest BCUT2D eigenvalue weighted by atomic mass is 9.98. The molecule has 0 fully saturated rings. The highest BCUT2D eigenvalue weighted by atomic mass is 32.1. The molecule has 0 saturated carbocycles. The Hall–Kier alpha value is -2.27. The number of nitrogens with one attached hydrogen (secondary N) is 1. The third-order valence-electron chi connectivity index (χ3n) is 3.77. The second-order valence-electron chi connectivity index (χ2n) is 5.30. The largest absolute Gasteiger partial charge is 0.331 e. The molecule has 0 saturated heterocycles. The van der Waals surface area contributed by atoms with Gasteiger partial charge in [0.25, 0.3) is 0 Å². The van der Waals surface area contributed by atoms with E-state index in [1.54, 1.807) is 6.20 Å². The number of hydrogen-bond donors (Lipinski definition) is 1. The van der Waals surface area contributed by atoms with Crippen LogP contribution < -0.4 is 5.32 Å². The van der Waals surface area contributed by atoms with Crippen molar-refractivity contribution >= 4 is 28.7 Å². The van der Waals surface area contributed by atoms with Crippen molar-refractivity contribution in [3.8, 4) is 0 Å². The van der Waals surface area contributed by atoms with E-state index in [1.807, 2.05) is 29.0 Å². The van der Waals surface area contributed by atoms with Gasteiger partial charge in [0.05, 0.1) is 0 Å². The molecule has 3 rings (SSSR count). The Bertz CT molecular complexity index is 748. The number of anilines is 1. The Kier molecular flexibility index (Phi) is 4.15. The Morgan fingerprint density at radius 2 is 2.32 bits per heavy atom. The fourth-order valence-electron chi connectivity index (χ4n) is 2.62. The summed E-state index contributed by atoms with van der Waals surface area (Å²) in [6.07, 6.45) is 7.48. The molecule has 2 aromatic rings. The van der Waals surface area contributed by atoms with Crippen molar-refractivity contribution in [2.45, 2.75) is 25.8 Å². The van der Waals surface area contributed by atoms with Gasteiger partial charge in [-0.25, -0.2) is 4.98 Å². The average Bonchev–Trinajstić information content (AvgIpc) is 2.94. The summed E-state index contributed by atoms with van der Waals surface area (Å²) in [5.74, 6) is 1.02. The van der Waals surface area contributed by atoms with Crippen molar-refractivity contribution < 1.29 is 4.79 Å². The number of thiocarbonyl (C=S) groups is 1. The van der Waals surface area contributed by atoms with Crippen LogP contribution in [0.3, 0.4) is 0 Å². The molecule has 0 aliphatic carbocycles. The molecule has 0 spiro atoms. The molecule has 0 radical (unpaired) electrons. The maximum atomic E-state index is 11.4. The smallest absolute Gasteiger partial charge is 0.224 e. The van der Waals surface area contributed by atoms with Gasteiger partial charge < -0.3 is 9.88 Å². The van der Waals surface area contributed by atoms with Gasteiger partial charge in [-0.05, 0) is 29.7 Å². The van der Waals surface area contributed by atoms with Gasteiger partial charge in [-0.2, -0.15) is 0 Å². The van der Waals surface area contributed by atoms with E-state index in [0.29, 0.717) is 12.8 Å². The zero-order valence-electron chi connectivity index (χ0n) is 12.2. The van der Waals surface area contributed by atoms with E-state index in [2.05, 4.69) is 22.9 Å². The number of amides is 1. The molecule has 0 bridgehead atoms. The van der Waals surface area contributed by atoms with Gasteiger partial charge >= 0.3 is 0 Å². The van der Waals surface area contributed by atoms with Crippen LogP contribution in [0.15, 0.2) is 43.2 Å². The van der Waals surface area contributed by atoms with E-state index in [0.717, 1.165) is 40.5 Å². The van der Waals surface area contributed by atoms with Gasteiger partial charge in [-0.1, -0.05) is 24.4 Å². The van der Waals surface area contributed by atoms with E-state index in [1.165, 1.54) is 0 Å². The molecule has 1 aliphatic heterocycles. The van der Waals surface area contributed by atoms with Gasteiger partial charge in [0.1, 0.15) is 5.82 Å². The summed E-state index contributed by atoms with van der Waals surface area (Å²) in [7, 11) is 0. The van der Waals surface area contributed by atoms with E-state index < -0.39 is 0 Å². The first kappa shape index (κ1) is 14.7. The molecule has 1 aliphatic rings. The number of fused-ring (bicyclic) bond motifs is 1. The number of rotatable bonds is 5. The van der Waals surface area contributed by atoms with Crippen molar-refractivity contribution in [3.05, 3.63) is 60.2 Å². The fraction of sp³-hybridized carbons (Fsp3) is 0.235. The molecule has 0 atom stereocenters. The summed E-state index contributed by atoms with van der Waals surface area (Å²) in [5, 5.41) is 2.89. The number of benzene rings is 1. The number of hydrogen-bond acceptors (Lipinski definition) is 3. The molecule has 22 heavy (non-hydrogen) atoms. The van der Waals surface area contributed by atoms with Crippen LogP contribution in [-0.4, -0.2) is 20.3 Å². The van der Waals surface area contributed by atoms with Crippen LogP contribution in [0.2, 0.25) is 0 Å². The summed E-state index contributed by atoms with van der Waals surface area (Å²) < 4.78 is 2.04. The first-order valence-electron chi connectivity index (χ1n) is 7.24. The summed E-state index contributed by atoms with van der Waals surface area (Å²) >= 11 is 5.57. The normalized spacial score (nSPS) is 13.4. The van der Waals surface area contributed by atoms with Crippen molar-refractivity contribution in [2.75, 3.05) is 5.32 Å².